The van der Waals surface area contributed by atoms with Crippen molar-refractivity contribution in [2.24, 2.45) is 0 Å². The maximum absolute atomic E-state index is 12.2. The average molecular weight is 353 g/mol. The Balaban J connectivity index is 1.43. The zero-order chi connectivity index (χ0) is 18.5. The summed E-state index contributed by atoms with van der Waals surface area (Å²) >= 11 is 0. The molecular formula is C24H19NO2. The molecule has 4 aromatic rings. The van der Waals surface area contributed by atoms with Gasteiger partial charge >= 0.3 is 0 Å². The van der Waals surface area contributed by atoms with E-state index in [-0.39, 0.29) is 5.91 Å². The second-order valence-electron chi connectivity index (χ2n) is 6.31. The molecule has 4 rings (SSSR count). The van der Waals surface area contributed by atoms with Gasteiger partial charge in [-0.15, -0.1) is 0 Å². The van der Waals surface area contributed by atoms with Gasteiger partial charge < -0.3 is 10.1 Å². The first kappa shape index (κ1) is 16.9. The average Bonchev–Trinajstić information content (AvgIpc) is 2.70. The smallest absolute Gasteiger partial charge is 0.228 e. The normalized spacial score (nSPS) is 10.5. The number of hydrogen-bond acceptors (Lipinski definition) is 2. The van der Waals surface area contributed by atoms with Gasteiger partial charge in [-0.1, -0.05) is 66.7 Å². The Labute approximate surface area is 158 Å². The fraction of sp³-hybridized carbons (Fsp3) is 0.0417. The summed E-state index contributed by atoms with van der Waals surface area (Å²) < 4.78 is 6.03. The topological polar surface area (TPSA) is 38.3 Å². The first-order chi connectivity index (χ1) is 13.3. The van der Waals surface area contributed by atoms with E-state index in [0.717, 1.165) is 33.5 Å². The van der Waals surface area contributed by atoms with E-state index in [0.29, 0.717) is 6.42 Å². The third kappa shape index (κ3) is 4.15. The highest BCUT2D eigenvalue weighted by molar-refractivity contribution is 5.92. The van der Waals surface area contributed by atoms with E-state index in [1.165, 1.54) is 0 Å². The van der Waals surface area contributed by atoms with Gasteiger partial charge in [-0.05, 0) is 41.3 Å². The Kier molecular flexibility index (Phi) is 4.84. The molecule has 0 aromatic heterocycles. The van der Waals surface area contributed by atoms with Crippen LogP contribution in [-0.2, 0) is 11.2 Å². The lowest BCUT2D eigenvalue weighted by Gasteiger charge is -2.10. The summed E-state index contributed by atoms with van der Waals surface area (Å²) in [6.07, 6.45) is 0.356. The van der Waals surface area contributed by atoms with Crippen molar-refractivity contribution < 1.29 is 9.53 Å². The van der Waals surface area contributed by atoms with Crippen LogP contribution in [0.1, 0.15) is 5.56 Å². The van der Waals surface area contributed by atoms with E-state index in [2.05, 4.69) is 17.4 Å². The first-order valence-corrected chi connectivity index (χ1v) is 8.87. The van der Waals surface area contributed by atoms with Gasteiger partial charge in [-0.25, -0.2) is 0 Å². The molecule has 3 nitrogen and oxygen atoms in total. The van der Waals surface area contributed by atoms with Gasteiger partial charge in [-0.3, -0.25) is 4.79 Å². The van der Waals surface area contributed by atoms with Gasteiger partial charge in [-0.2, -0.15) is 0 Å². The Morgan fingerprint density at radius 2 is 1.44 bits per heavy atom. The van der Waals surface area contributed by atoms with Gasteiger partial charge in [0.1, 0.15) is 11.5 Å². The van der Waals surface area contributed by atoms with Gasteiger partial charge in [0.05, 0.1) is 6.42 Å². The monoisotopic (exact) mass is 353 g/mol. The third-order valence-corrected chi connectivity index (χ3v) is 4.32. The van der Waals surface area contributed by atoms with Crippen molar-refractivity contribution in [1.82, 2.24) is 0 Å². The number of hydrogen-bond donors (Lipinski definition) is 1. The van der Waals surface area contributed by atoms with Crippen LogP contribution in [0.3, 0.4) is 0 Å². The Morgan fingerprint density at radius 3 is 2.26 bits per heavy atom. The van der Waals surface area contributed by atoms with Crippen molar-refractivity contribution >= 4 is 22.4 Å². The number of amides is 1. The molecular weight excluding hydrogens is 334 g/mol. The minimum atomic E-state index is -0.0380. The predicted molar refractivity (Wildman–Crippen MR) is 109 cm³/mol. The number of carbonyl (C=O) groups excluding carboxylic acids is 1. The van der Waals surface area contributed by atoms with Crippen LogP contribution in [0.25, 0.3) is 10.8 Å². The highest BCUT2D eigenvalue weighted by Gasteiger charge is 2.06. The minimum Gasteiger partial charge on any atom is -0.457 e. The maximum Gasteiger partial charge on any atom is 0.228 e. The van der Waals surface area contributed by atoms with Crippen LogP contribution >= 0.6 is 0 Å². The van der Waals surface area contributed by atoms with Crippen LogP contribution in [-0.4, -0.2) is 5.91 Å². The molecule has 0 unspecified atom stereocenters. The summed E-state index contributed by atoms with van der Waals surface area (Å²) in [7, 11) is 0. The van der Waals surface area contributed by atoms with E-state index >= 15 is 0 Å². The minimum absolute atomic E-state index is 0.0380. The third-order valence-electron chi connectivity index (χ3n) is 4.32. The number of rotatable bonds is 5. The predicted octanol–water partition coefficient (Wildman–Crippen LogP) is 5.81. The van der Waals surface area contributed by atoms with Crippen molar-refractivity contribution in [3.63, 3.8) is 0 Å². The molecule has 0 bridgehead atoms. The van der Waals surface area contributed by atoms with Gasteiger partial charge in [0.15, 0.2) is 0 Å². The lowest BCUT2D eigenvalue weighted by atomic mass is 10.1. The first-order valence-electron chi connectivity index (χ1n) is 8.87. The highest BCUT2D eigenvalue weighted by Crippen LogP contribution is 2.30. The number of fused-ring (bicyclic) bond motifs is 1. The molecule has 0 aliphatic carbocycles. The molecule has 0 spiro atoms. The molecule has 3 heteroatoms. The van der Waals surface area contributed by atoms with Crippen molar-refractivity contribution in [3.8, 4) is 11.5 Å². The molecule has 4 aromatic carbocycles. The van der Waals surface area contributed by atoms with Crippen molar-refractivity contribution in [1.29, 1.82) is 0 Å². The number of anilines is 1. The SMILES string of the molecule is O=C(Cc1ccccc1)Nc1ccc(Oc2cccc3ccccc23)cc1. The summed E-state index contributed by atoms with van der Waals surface area (Å²) in [5.41, 5.74) is 1.74. The van der Waals surface area contributed by atoms with E-state index in [9.17, 15) is 4.79 Å². The van der Waals surface area contributed by atoms with Crippen LogP contribution in [0.5, 0.6) is 11.5 Å². The number of nitrogens with one attached hydrogen (secondary N) is 1. The number of ether oxygens (including phenoxy) is 1. The molecule has 0 atom stereocenters. The van der Waals surface area contributed by atoms with Crippen LogP contribution in [0, 0.1) is 0 Å². The second kappa shape index (κ2) is 7.75. The fourth-order valence-electron chi connectivity index (χ4n) is 3.00. The summed E-state index contributed by atoms with van der Waals surface area (Å²) in [5.74, 6) is 1.50. The van der Waals surface area contributed by atoms with Crippen molar-refractivity contribution in [2.75, 3.05) is 5.32 Å². The number of benzene rings is 4. The largest absolute Gasteiger partial charge is 0.457 e. The van der Waals surface area contributed by atoms with Crippen molar-refractivity contribution in [3.05, 3.63) is 103 Å². The molecule has 0 aliphatic heterocycles. The molecule has 0 saturated carbocycles. The quantitative estimate of drug-likeness (QED) is 0.491. The summed E-state index contributed by atoms with van der Waals surface area (Å²) in [5, 5.41) is 5.12. The fourth-order valence-corrected chi connectivity index (χ4v) is 3.00. The molecule has 0 heterocycles. The standard InChI is InChI=1S/C24H19NO2/c26-24(17-18-7-2-1-3-8-18)25-20-13-15-21(16-14-20)27-23-12-6-10-19-9-4-5-11-22(19)23/h1-16H,17H2,(H,25,26). The zero-order valence-electron chi connectivity index (χ0n) is 14.8. The molecule has 27 heavy (non-hydrogen) atoms. The Morgan fingerprint density at radius 1 is 0.741 bits per heavy atom. The van der Waals surface area contributed by atoms with Crippen LogP contribution in [0.4, 0.5) is 5.69 Å². The van der Waals surface area contributed by atoms with E-state index < -0.39 is 0 Å². The highest BCUT2D eigenvalue weighted by atomic mass is 16.5. The molecule has 0 radical (unpaired) electrons. The molecule has 0 fully saturated rings. The summed E-state index contributed by atoms with van der Waals surface area (Å²) in [6, 6.07) is 31.2. The van der Waals surface area contributed by atoms with Gasteiger partial charge in [0.25, 0.3) is 0 Å². The number of carbonyl (C=O) groups is 1. The lowest BCUT2D eigenvalue weighted by Crippen LogP contribution is -2.14. The molecule has 1 amide bonds. The summed E-state index contributed by atoms with van der Waals surface area (Å²) in [4.78, 5) is 12.2. The molecule has 0 saturated heterocycles. The van der Waals surface area contributed by atoms with Gasteiger partial charge in [0, 0.05) is 11.1 Å². The molecule has 0 aliphatic rings. The second-order valence-corrected chi connectivity index (χ2v) is 6.31. The molecule has 1 N–H and O–H groups in total. The van der Waals surface area contributed by atoms with E-state index in [4.69, 9.17) is 4.74 Å². The lowest BCUT2D eigenvalue weighted by molar-refractivity contribution is -0.115. The Bertz CT molecular complexity index is 1050. The zero-order valence-corrected chi connectivity index (χ0v) is 14.8. The van der Waals surface area contributed by atoms with Crippen LogP contribution < -0.4 is 10.1 Å². The Hall–Kier alpha value is -3.59. The van der Waals surface area contributed by atoms with Crippen LogP contribution in [0.2, 0.25) is 0 Å². The van der Waals surface area contributed by atoms with Crippen LogP contribution in [0.15, 0.2) is 97.1 Å². The molecule has 132 valence electrons. The van der Waals surface area contributed by atoms with Crippen molar-refractivity contribution in [2.45, 2.75) is 6.42 Å². The van der Waals surface area contributed by atoms with Gasteiger partial charge in [0.2, 0.25) is 5.91 Å². The maximum atomic E-state index is 12.2. The summed E-state index contributed by atoms with van der Waals surface area (Å²) in [6.45, 7) is 0. The van der Waals surface area contributed by atoms with E-state index in [1.54, 1.807) is 0 Å². The van der Waals surface area contributed by atoms with E-state index in [1.807, 2.05) is 84.9 Å².